The molecule has 2 N–H and O–H groups in total. The van der Waals surface area contributed by atoms with E-state index in [4.69, 9.17) is 11.6 Å². The number of halogens is 1. The summed E-state index contributed by atoms with van der Waals surface area (Å²) in [5.41, 5.74) is 3.66. The second-order valence-electron chi connectivity index (χ2n) is 7.19. The number of hydrogen-bond acceptors (Lipinski definition) is 3. The van der Waals surface area contributed by atoms with Crippen LogP contribution in [0.25, 0.3) is 0 Å². The Balaban J connectivity index is 1.85. The fourth-order valence-corrected chi connectivity index (χ4v) is 4.68. The van der Waals surface area contributed by atoms with E-state index in [0.717, 1.165) is 42.0 Å². The van der Waals surface area contributed by atoms with E-state index in [9.17, 15) is 10.2 Å². The highest BCUT2D eigenvalue weighted by Gasteiger charge is 2.49. The van der Waals surface area contributed by atoms with Crippen molar-refractivity contribution in [2.75, 3.05) is 13.6 Å². The minimum absolute atomic E-state index is 0.0220. The van der Waals surface area contributed by atoms with Crippen LogP contribution in [0.5, 0.6) is 11.5 Å². The lowest BCUT2D eigenvalue weighted by molar-refractivity contribution is 0.0715. The molecule has 0 amide bonds. The summed E-state index contributed by atoms with van der Waals surface area (Å²) in [7, 11) is 2.16. The van der Waals surface area contributed by atoms with Crippen LogP contribution in [-0.2, 0) is 11.8 Å². The number of benzene rings is 2. The summed E-state index contributed by atoms with van der Waals surface area (Å²) in [6.07, 6.45) is 4.37. The Kier molecular flexibility index (Phi) is 3.74. The van der Waals surface area contributed by atoms with Gasteiger partial charge in [0.2, 0.25) is 0 Å². The summed E-state index contributed by atoms with van der Waals surface area (Å²) < 4.78 is 0. The quantitative estimate of drug-likeness (QED) is 0.794. The second kappa shape index (κ2) is 5.68. The smallest absolute Gasteiger partial charge is 0.157 e. The van der Waals surface area contributed by atoms with Gasteiger partial charge in [0.25, 0.3) is 0 Å². The molecule has 1 fully saturated rings. The number of fused-ring (bicyclic) bond motifs is 1. The fourth-order valence-electron chi connectivity index (χ4n) is 4.55. The van der Waals surface area contributed by atoms with E-state index in [1.54, 1.807) is 12.1 Å². The predicted octanol–water partition coefficient (Wildman–Crippen LogP) is 4.40. The zero-order valence-corrected chi connectivity index (χ0v) is 14.6. The first-order chi connectivity index (χ1) is 11.5. The number of aromatic hydroxyl groups is 2. The highest BCUT2D eigenvalue weighted by atomic mass is 35.5. The molecular formula is C20H22ClNO2. The van der Waals surface area contributed by atoms with Crippen LogP contribution >= 0.6 is 11.6 Å². The van der Waals surface area contributed by atoms with E-state index in [2.05, 4.69) is 24.1 Å². The average molecular weight is 344 g/mol. The van der Waals surface area contributed by atoms with Crippen molar-refractivity contribution in [3.8, 4) is 11.5 Å². The normalized spacial score (nSPS) is 22.7. The van der Waals surface area contributed by atoms with Crippen molar-refractivity contribution < 1.29 is 10.2 Å². The molecule has 0 saturated heterocycles. The van der Waals surface area contributed by atoms with Gasteiger partial charge in [-0.3, -0.25) is 4.90 Å². The molecule has 0 bridgehead atoms. The molecule has 4 rings (SSSR count). The molecule has 1 unspecified atom stereocenters. The topological polar surface area (TPSA) is 43.7 Å². The Labute approximate surface area is 147 Å². The van der Waals surface area contributed by atoms with Crippen molar-refractivity contribution in [3.05, 3.63) is 58.1 Å². The van der Waals surface area contributed by atoms with Crippen LogP contribution in [0.4, 0.5) is 0 Å². The van der Waals surface area contributed by atoms with Crippen molar-refractivity contribution in [3.63, 3.8) is 0 Å². The Morgan fingerprint density at radius 2 is 1.75 bits per heavy atom. The SMILES string of the molecule is CN1CCc2cc(O)c(O)cc2C1C1(c2ccc(Cl)cc2)CCC1. The zero-order chi connectivity index (χ0) is 16.9. The third-order valence-corrected chi connectivity index (χ3v) is 6.15. The summed E-state index contributed by atoms with van der Waals surface area (Å²) in [5.74, 6) is -0.0502. The fraction of sp³-hybridized carbons (Fsp3) is 0.400. The van der Waals surface area contributed by atoms with E-state index < -0.39 is 0 Å². The summed E-state index contributed by atoms with van der Waals surface area (Å²) in [4.78, 5) is 2.40. The Morgan fingerprint density at radius 3 is 2.38 bits per heavy atom. The first-order valence-electron chi connectivity index (χ1n) is 8.52. The van der Waals surface area contributed by atoms with Gasteiger partial charge in [-0.2, -0.15) is 0 Å². The number of nitrogens with zero attached hydrogens (tertiary/aromatic N) is 1. The molecule has 2 aromatic carbocycles. The number of likely N-dealkylation sites (N-methyl/N-ethyl adjacent to an activating group) is 1. The van der Waals surface area contributed by atoms with Crippen molar-refractivity contribution in [1.29, 1.82) is 0 Å². The van der Waals surface area contributed by atoms with Gasteiger partial charge in [0, 0.05) is 23.0 Å². The first kappa shape index (κ1) is 15.8. The molecular weight excluding hydrogens is 322 g/mol. The van der Waals surface area contributed by atoms with Crippen LogP contribution in [0.2, 0.25) is 5.02 Å². The lowest BCUT2D eigenvalue weighted by atomic mass is 9.57. The van der Waals surface area contributed by atoms with Crippen molar-refractivity contribution >= 4 is 11.6 Å². The van der Waals surface area contributed by atoms with E-state index in [1.165, 1.54) is 12.0 Å². The van der Waals surface area contributed by atoms with E-state index in [1.807, 2.05) is 12.1 Å². The zero-order valence-electron chi connectivity index (χ0n) is 13.8. The standard InChI is InChI=1S/C20H22ClNO2/c1-22-10-7-13-11-17(23)18(24)12-16(13)19(22)20(8-2-9-20)14-3-5-15(21)6-4-14/h3-6,11-12,19,23-24H,2,7-10H2,1H3. The van der Waals surface area contributed by atoms with Crippen LogP contribution < -0.4 is 0 Å². The Hall–Kier alpha value is -1.71. The number of hydrogen-bond donors (Lipinski definition) is 2. The van der Waals surface area contributed by atoms with Gasteiger partial charge in [0.1, 0.15) is 0 Å². The molecule has 1 aliphatic heterocycles. The molecule has 1 saturated carbocycles. The molecule has 2 aliphatic rings. The maximum Gasteiger partial charge on any atom is 0.157 e. The van der Waals surface area contributed by atoms with Gasteiger partial charge in [-0.05, 0) is 67.3 Å². The highest BCUT2D eigenvalue weighted by molar-refractivity contribution is 6.30. The minimum atomic E-state index is -0.0281. The van der Waals surface area contributed by atoms with Crippen LogP contribution in [0, 0.1) is 0 Å². The summed E-state index contributed by atoms with van der Waals surface area (Å²) in [6.45, 7) is 0.956. The maximum absolute atomic E-state index is 10.1. The van der Waals surface area contributed by atoms with Gasteiger partial charge in [-0.15, -0.1) is 0 Å². The van der Waals surface area contributed by atoms with Gasteiger partial charge in [0.15, 0.2) is 11.5 Å². The van der Waals surface area contributed by atoms with Crippen molar-refractivity contribution in [2.24, 2.45) is 0 Å². The van der Waals surface area contributed by atoms with Crippen LogP contribution in [0.15, 0.2) is 36.4 Å². The molecule has 24 heavy (non-hydrogen) atoms. The molecule has 4 heteroatoms. The largest absolute Gasteiger partial charge is 0.504 e. The lowest BCUT2D eigenvalue weighted by Gasteiger charge is -2.53. The minimum Gasteiger partial charge on any atom is -0.504 e. The van der Waals surface area contributed by atoms with Crippen molar-refractivity contribution in [2.45, 2.75) is 37.1 Å². The molecule has 2 aromatic rings. The molecule has 1 atom stereocenters. The predicted molar refractivity (Wildman–Crippen MR) is 95.8 cm³/mol. The Morgan fingerprint density at radius 1 is 1.08 bits per heavy atom. The van der Waals surface area contributed by atoms with E-state index in [-0.39, 0.29) is 23.0 Å². The molecule has 0 spiro atoms. The maximum atomic E-state index is 10.1. The number of phenols is 2. The summed E-state index contributed by atoms with van der Waals surface area (Å²) >= 11 is 6.09. The van der Waals surface area contributed by atoms with Gasteiger partial charge in [-0.1, -0.05) is 30.2 Å². The molecule has 1 heterocycles. The van der Waals surface area contributed by atoms with Crippen LogP contribution in [0.3, 0.4) is 0 Å². The third kappa shape index (κ3) is 2.30. The van der Waals surface area contributed by atoms with E-state index >= 15 is 0 Å². The van der Waals surface area contributed by atoms with Gasteiger partial charge >= 0.3 is 0 Å². The lowest BCUT2D eigenvalue weighted by Crippen LogP contribution is -2.49. The van der Waals surface area contributed by atoms with Crippen LogP contribution in [-0.4, -0.2) is 28.7 Å². The third-order valence-electron chi connectivity index (χ3n) is 5.89. The monoisotopic (exact) mass is 343 g/mol. The van der Waals surface area contributed by atoms with Gasteiger partial charge in [0.05, 0.1) is 0 Å². The van der Waals surface area contributed by atoms with Gasteiger partial charge in [-0.25, -0.2) is 0 Å². The molecule has 126 valence electrons. The van der Waals surface area contributed by atoms with E-state index in [0.29, 0.717) is 0 Å². The van der Waals surface area contributed by atoms with Crippen LogP contribution in [0.1, 0.15) is 42.0 Å². The molecule has 3 nitrogen and oxygen atoms in total. The highest BCUT2D eigenvalue weighted by Crippen LogP contribution is 2.56. The van der Waals surface area contributed by atoms with Gasteiger partial charge < -0.3 is 10.2 Å². The first-order valence-corrected chi connectivity index (χ1v) is 8.90. The number of phenolic OH excluding ortho intramolecular Hbond substituents is 2. The van der Waals surface area contributed by atoms with Crippen molar-refractivity contribution in [1.82, 2.24) is 4.90 Å². The Bertz CT molecular complexity index is 768. The molecule has 1 aliphatic carbocycles. The average Bonchev–Trinajstić information content (AvgIpc) is 2.52. The molecule has 0 radical (unpaired) electrons. The summed E-state index contributed by atoms with van der Waals surface area (Å²) in [5, 5.41) is 20.7. The summed E-state index contributed by atoms with van der Waals surface area (Å²) in [6, 6.07) is 11.9. The second-order valence-corrected chi connectivity index (χ2v) is 7.63. The molecule has 0 aromatic heterocycles. The number of rotatable bonds is 2.